The SMILES string of the molecule is COc1cc2c(cc1OCc1cc(COc3cc4c(cc3C)C(=O)N3c5ccccc5C[C@H]3CC4)cc(NC(=O)[C@H](C)CC(=O)[C@H](C)NC(=O)CCCCC(=O)ONS)c1)CC[C@@H]1Cc3ccccc3N1C2=O. The summed E-state index contributed by atoms with van der Waals surface area (Å²) in [5, 5.41) is 5.71. The van der Waals surface area contributed by atoms with E-state index in [1.165, 1.54) is 11.1 Å². The Labute approximate surface area is 430 Å². The average molecular weight is 1010 g/mol. The minimum Gasteiger partial charge on any atom is -0.493 e. The summed E-state index contributed by atoms with van der Waals surface area (Å²) < 4.78 is 18.9. The molecular formula is C57H61N5O10S. The van der Waals surface area contributed by atoms with E-state index in [0.717, 1.165) is 65.7 Å². The third-order valence-corrected chi connectivity index (χ3v) is 14.5. The first-order chi connectivity index (χ1) is 35.3. The van der Waals surface area contributed by atoms with E-state index in [1.54, 1.807) is 27.0 Å². The number of ether oxygens (including phenoxy) is 3. The van der Waals surface area contributed by atoms with Gasteiger partial charge in [-0.15, -0.1) is 0 Å². The summed E-state index contributed by atoms with van der Waals surface area (Å²) in [7, 11) is 1.55. The van der Waals surface area contributed by atoms with Crippen molar-refractivity contribution in [3.63, 3.8) is 0 Å². The van der Waals surface area contributed by atoms with Crippen LogP contribution in [0.3, 0.4) is 0 Å². The van der Waals surface area contributed by atoms with Crippen molar-refractivity contribution >= 4 is 65.3 Å². The number of aryl methyl sites for hydroxylation is 3. The van der Waals surface area contributed by atoms with E-state index >= 15 is 0 Å². The van der Waals surface area contributed by atoms with Crippen molar-refractivity contribution in [1.82, 2.24) is 10.2 Å². The molecule has 0 unspecified atom stereocenters. The molecule has 4 aliphatic heterocycles. The van der Waals surface area contributed by atoms with Crippen molar-refractivity contribution < 1.29 is 47.8 Å². The smallest absolute Gasteiger partial charge is 0.325 e. The minimum atomic E-state index is -0.828. The molecule has 16 heteroatoms. The number of ketones is 1. The topological polar surface area (TPSA) is 182 Å². The Morgan fingerprint density at radius 1 is 0.699 bits per heavy atom. The average Bonchev–Trinajstić information content (AvgIpc) is 3.88. The van der Waals surface area contributed by atoms with Gasteiger partial charge < -0.3 is 39.5 Å². The quantitative estimate of drug-likeness (QED) is 0.0353. The molecule has 0 saturated carbocycles. The van der Waals surface area contributed by atoms with Gasteiger partial charge in [0.2, 0.25) is 11.8 Å². The highest BCUT2D eigenvalue weighted by atomic mass is 32.1. The van der Waals surface area contributed by atoms with Crippen molar-refractivity contribution in [1.29, 1.82) is 0 Å². The largest absolute Gasteiger partial charge is 0.493 e. The molecule has 4 heterocycles. The maximum atomic E-state index is 14.1. The van der Waals surface area contributed by atoms with Crippen molar-refractivity contribution in [3.8, 4) is 17.2 Å². The van der Waals surface area contributed by atoms with Crippen LogP contribution in [0.2, 0.25) is 0 Å². The number of carbonyl (C=O) groups excluding carboxylic acids is 6. The van der Waals surface area contributed by atoms with Gasteiger partial charge in [-0.1, -0.05) is 61.0 Å². The number of hydrogen-bond donors (Lipinski definition) is 4. The third kappa shape index (κ3) is 11.2. The van der Waals surface area contributed by atoms with Gasteiger partial charge in [0.05, 0.1) is 13.2 Å². The molecule has 0 saturated heterocycles. The Morgan fingerprint density at radius 3 is 1.86 bits per heavy atom. The maximum absolute atomic E-state index is 14.1. The number of amides is 4. The summed E-state index contributed by atoms with van der Waals surface area (Å²) in [6.07, 6.45) is 5.63. The van der Waals surface area contributed by atoms with E-state index in [-0.39, 0.29) is 68.1 Å². The first-order valence-electron chi connectivity index (χ1n) is 25.1. The molecule has 0 fully saturated rings. The van der Waals surface area contributed by atoms with Gasteiger partial charge in [-0.25, -0.2) is 0 Å². The Balaban J connectivity index is 0.910. The molecule has 73 heavy (non-hydrogen) atoms. The van der Waals surface area contributed by atoms with Crippen molar-refractivity contribution in [2.24, 2.45) is 5.92 Å². The summed E-state index contributed by atoms with van der Waals surface area (Å²) >= 11 is 3.62. The van der Waals surface area contributed by atoms with Crippen LogP contribution in [0, 0.1) is 12.8 Å². The Hall–Kier alpha value is -7.17. The van der Waals surface area contributed by atoms with Crippen molar-refractivity contribution in [2.75, 3.05) is 22.2 Å². The number of hydrogen-bond acceptors (Lipinski definition) is 12. The van der Waals surface area contributed by atoms with Crippen LogP contribution in [0.25, 0.3) is 0 Å². The highest BCUT2D eigenvalue weighted by Gasteiger charge is 2.39. The van der Waals surface area contributed by atoms with Crippen LogP contribution in [0.15, 0.2) is 91.0 Å². The summed E-state index contributed by atoms with van der Waals surface area (Å²) in [6.45, 7) is 5.37. The molecule has 4 aliphatic rings. The Bertz CT molecular complexity index is 2980. The molecule has 0 spiro atoms. The van der Waals surface area contributed by atoms with Gasteiger partial charge in [0.15, 0.2) is 17.3 Å². The molecule has 4 amide bonds. The zero-order valence-electron chi connectivity index (χ0n) is 41.6. The lowest BCUT2D eigenvalue weighted by Gasteiger charge is -2.23. The molecule has 380 valence electrons. The molecule has 0 aliphatic carbocycles. The number of nitrogens with zero attached hydrogens (tertiary/aromatic N) is 2. The third-order valence-electron chi connectivity index (χ3n) is 14.4. The molecular weight excluding hydrogens is 947 g/mol. The molecule has 5 aromatic carbocycles. The summed E-state index contributed by atoms with van der Waals surface area (Å²) in [6, 6.07) is 28.6. The van der Waals surface area contributed by atoms with Crippen molar-refractivity contribution in [3.05, 3.63) is 141 Å². The van der Waals surface area contributed by atoms with E-state index < -0.39 is 23.8 Å². The van der Waals surface area contributed by atoms with Crippen LogP contribution >= 0.6 is 12.8 Å². The summed E-state index contributed by atoms with van der Waals surface area (Å²) in [5.41, 5.74) is 10.1. The predicted octanol–water partition coefficient (Wildman–Crippen LogP) is 8.69. The number of unbranched alkanes of at least 4 members (excludes halogenated alkanes) is 1. The van der Waals surface area contributed by atoms with Gasteiger partial charge in [0, 0.05) is 65.5 Å². The fourth-order valence-electron chi connectivity index (χ4n) is 10.6. The maximum Gasteiger partial charge on any atom is 0.325 e. The van der Waals surface area contributed by atoms with Gasteiger partial charge in [0.1, 0.15) is 19.0 Å². The number of thiol groups is 1. The Morgan fingerprint density at radius 2 is 1.26 bits per heavy atom. The van der Waals surface area contributed by atoms with Gasteiger partial charge >= 0.3 is 5.97 Å². The van der Waals surface area contributed by atoms with E-state index in [4.69, 9.17) is 14.2 Å². The van der Waals surface area contributed by atoms with Gasteiger partial charge in [-0.3, -0.25) is 28.8 Å². The van der Waals surface area contributed by atoms with Gasteiger partial charge in [0.25, 0.3) is 11.8 Å². The molecule has 0 radical (unpaired) electrons. The molecule has 9 rings (SSSR count). The lowest BCUT2D eigenvalue weighted by atomic mass is 9.98. The number of para-hydroxylation sites is 2. The fraction of sp³-hybridized carbons (Fsp3) is 0.368. The van der Waals surface area contributed by atoms with Crippen LogP contribution in [0.5, 0.6) is 17.2 Å². The fourth-order valence-corrected chi connectivity index (χ4v) is 10.7. The monoisotopic (exact) mass is 1010 g/mol. The molecule has 3 N–H and O–H groups in total. The highest BCUT2D eigenvalue weighted by Crippen LogP contribution is 2.42. The van der Waals surface area contributed by atoms with Crippen LogP contribution in [0.4, 0.5) is 17.1 Å². The predicted molar refractivity (Wildman–Crippen MR) is 279 cm³/mol. The van der Waals surface area contributed by atoms with Crippen LogP contribution in [0.1, 0.15) is 118 Å². The van der Waals surface area contributed by atoms with E-state index in [9.17, 15) is 28.8 Å². The van der Waals surface area contributed by atoms with Gasteiger partial charge in [-0.2, -0.15) is 0 Å². The number of Topliss-reactive ketones (excluding diaryl/α,β-unsaturated/α-hetero) is 1. The second-order valence-corrected chi connectivity index (χ2v) is 19.8. The van der Waals surface area contributed by atoms with Crippen LogP contribution in [-0.4, -0.2) is 60.6 Å². The number of fused-ring (bicyclic) bond motifs is 8. The molecule has 15 nitrogen and oxygen atoms in total. The van der Waals surface area contributed by atoms with E-state index in [2.05, 4.69) is 40.4 Å². The van der Waals surface area contributed by atoms with Crippen molar-refractivity contribution in [2.45, 2.75) is 123 Å². The van der Waals surface area contributed by atoms with Gasteiger partial charge in [-0.05, 0) is 159 Å². The minimum absolute atomic E-state index is 0.000119. The number of anilines is 3. The normalized spacial score (nSPS) is 17.1. The second-order valence-electron chi connectivity index (χ2n) is 19.6. The first kappa shape index (κ1) is 50.8. The number of methoxy groups -OCH3 is 1. The standard InChI is InChI=1S/C57H61N5O10S/c1-33-21-45-38(17-19-43-26-40-11-5-7-13-47(40)61(43)56(45)67)28-50(33)70-31-36-23-37(25-42(24-36)59-55(66)34(2)22-49(63)35(3)58-53(64)15-9-10-16-54(65)72-60-73)32-71-52-29-39-18-20-44-27-41-12-6-8-14-48(41)62(44)57(68)46(39)30-51(52)69-4/h5-8,11-14,21,23-25,28-30,34-35,43-44,60,73H,9-10,15-20,22,26-27,31-32H2,1-4H3,(H,58,64)(H,59,66)/t34-,35+,43-,44-/m1/s1. The molecule has 4 atom stereocenters. The highest BCUT2D eigenvalue weighted by molar-refractivity contribution is 7.77. The lowest BCUT2D eigenvalue weighted by molar-refractivity contribution is -0.146. The number of nitrogens with one attached hydrogen (secondary N) is 3. The Kier molecular flexibility index (Phi) is 15.5. The summed E-state index contributed by atoms with van der Waals surface area (Å²) in [5.74, 6) is -0.798. The zero-order valence-corrected chi connectivity index (χ0v) is 42.5. The second kappa shape index (κ2) is 22.3. The lowest BCUT2D eigenvalue weighted by Crippen LogP contribution is -2.39. The molecule has 0 bridgehead atoms. The molecule has 0 aromatic heterocycles. The summed E-state index contributed by atoms with van der Waals surface area (Å²) in [4.78, 5) is 89.9. The number of benzene rings is 5. The van der Waals surface area contributed by atoms with Crippen LogP contribution in [-0.2, 0) is 62.9 Å². The first-order valence-corrected chi connectivity index (χ1v) is 25.5. The van der Waals surface area contributed by atoms with Crippen LogP contribution < -0.4 is 39.5 Å². The number of rotatable bonds is 19. The molecule has 5 aromatic rings. The van der Waals surface area contributed by atoms with E-state index in [0.29, 0.717) is 58.9 Å². The number of carbonyl (C=O) groups is 6. The van der Waals surface area contributed by atoms with E-state index in [1.807, 2.05) is 94.4 Å². The zero-order chi connectivity index (χ0) is 51.3.